The van der Waals surface area contributed by atoms with Gasteiger partial charge < -0.3 is 15.2 Å². The van der Waals surface area contributed by atoms with Gasteiger partial charge in [0.2, 0.25) is 5.91 Å². The van der Waals surface area contributed by atoms with Crippen molar-refractivity contribution in [3.8, 4) is 0 Å². The van der Waals surface area contributed by atoms with Crippen LogP contribution in [-0.4, -0.2) is 41.7 Å². The number of aliphatic carboxylic acids is 1. The van der Waals surface area contributed by atoms with Crippen molar-refractivity contribution in [2.45, 2.75) is 18.9 Å². The number of pyridine rings is 1. The van der Waals surface area contributed by atoms with Crippen molar-refractivity contribution in [1.82, 2.24) is 10.3 Å². The Morgan fingerprint density at radius 2 is 2.11 bits per heavy atom. The summed E-state index contributed by atoms with van der Waals surface area (Å²) >= 11 is 0. The van der Waals surface area contributed by atoms with E-state index in [-0.39, 0.29) is 12.5 Å². The highest BCUT2D eigenvalue weighted by atomic mass is 16.5. The van der Waals surface area contributed by atoms with Gasteiger partial charge in [-0.05, 0) is 24.1 Å². The zero-order valence-corrected chi connectivity index (χ0v) is 10.1. The van der Waals surface area contributed by atoms with Crippen molar-refractivity contribution in [2.24, 2.45) is 0 Å². The molecule has 0 saturated carbocycles. The number of carboxylic acids is 1. The summed E-state index contributed by atoms with van der Waals surface area (Å²) in [5, 5.41) is 11.2. The van der Waals surface area contributed by atoms with Crippen molar-refractivity contribution >= 4 is 11.9 Å². The van der Waals surface area contributed by atoms with Crippen LogP contribution < -0.4 is 5.32 Å². The van der Waals surface area contributed by atoms with E-state index in [1.54, 1.807) is 12.4 Å². The third kappa shape index (κ3) is 4.92. The zero-order chi connectivity index (χ0) is 13.4. The summed E-state index contributed by atoms with van der Waals surface area (Å²) in [7, 11) is 1.29. The Morgan fingerprint density at radius 3 is 2.67 bits per heavy atom. The fourth-order valence-corrected chi connectivity index (χ4v) is 1.37. The molecule has 1 aromatic rings. The molecule has 1 unspecified atom stereocenters. The van der Waals surface area contributed by atoms with Gasteiger partial charge in [-0.2, -0.15) is 0 Å². The summed E-state index contributed by atoms with van der Waals surface area (Å²) in [4.78, 5) is 26.0. The van der Waals surface area contributed by atoms with Gasteiger partial charge in [0.05, 0.1) is 6.54 Å². The SMILES string of the molecule is COC(CNC(=O)CCc1ccncc1)C(=O)O. The molecule has 98 valence electrons. The first-order valence-electron chi connectivity index (χ1n) is 5.54. The average molecular weight is 252 g/mol. The number of amides is 1. The standard InChI is InChI=1S/C12H16N2O4/c1-18-10(12(16)17)8-14-11(15)3-2-9-4-6-13-7-5-9/h4-7,10H,2-3,8H2,1H3,(H,14,15)(H,16,17). The lowest BCUT2D eigenvalue weighted by Gasteiger charge is -2.11. The fourth-order valence-electron chi connectivity index (χ4n) is 1.37. The zero-order valence-electron chi connectivity index (χ0n) is 10.1. The van der Waals surface area contributed by atoms with Crippen LogP contribution in [0.25, 0.3) is 0 Å². The average Bonchev–Trinajstić information content (AvgIpc) is 2.38. The van der Waals surface area contributed by atoms with Crippen LogP contribution in [-0.2, 0) is 20.7 Å². The Bertz CT molecular complexity index is 394. The first kappa shape index (κ1) is 14.1. The highest BCUT2D eigenvalue weighted by molar-refractivity contribution is 5.78. The quantitative estimate of drug-likeness (QED) is 0.725. The van der Waals surface area contributed by atoms with E-state index in [9.17, 15) is 9.59 Å². The molecule has 0 bridgehead atoms. The van der Waals surface area contributed by atoms with Crippen molar-refractivity contribution in [3.05, 3.63) is 30.1 Å². The van der Waals surface area contributed by atoms with Crippen LogP contribution in [0.5, 0.6) is 0 Å². The highest BCUT2D eigenvalue weighted by Crippen LogP contribution is 2.00. The predicted octanol–water partition coefficient (Wildman–Crippen LogP) is 0.230. The van der Waals surface area contributed by atoms with E-state index < -0.39 is 12.1 Å². The van der Waals surface area contributed by atoms with E-state index in [1.165, 1.54) is 7.11 Å². The molecular formula is C12H16N2O4. The minimum absolute atomic E-state index is 0.0268. The van der Waals surface area contributed by atoms with Crippen LogP contribution in [0.15, 0.2) is 24.5 Å². The molecule has 0 saturated heterocycles. The lowest BCUT2D eigenvalue weighted by atomic mass is 10.1. The highest BCUT2D eigenvalue weighted by Gasteiger charge is 2.16. The first-order chi connectivity index (χ1) is 8.63. The molecule has 18 heavy (non-hydrogen) atoms. The van der Waals surface area contributed by atoms with Crippen LogP contribution in [0.2, 0.25) is 0 Å². The van der Waals surface area contributed by atoms with Gasteiger partial charge in [-0.15, -0.1) is 0 Å². The van der Waals surface area contributed by atoms with Crippen LogP contribution in [0, 0.1) is 0 Å². The third-order valence-corrected chi connectivity index (χ3v) is 2.43. The van der Waals surface area contributed by atoms with Gasteiger partial charge in [-0.1, -0.05) is 0 Å². The molecule has 0 spiro atoms. The van der Waals surface area contributed by atoms with Gasteiger partial charge in [-0.3, -0.25) is 9.78 Å². The molecule has 0 aliphatic carbocycles. The number of aryl methyl sites for hydroxylation is 1. The molecule has 6 nitrogen and oxygen atoms in total. The number of hydrogen-bond acceptors (Lipinski definition) is 4. The topological polar surface area (TPSA) is 88.5 Å². The second-order valence-corrected chi connectivity index (χ2v) is 3.72. The summed E-state index contributed by atoms with van der Waals surface area (Å²) in [6.45, 7) is -0.0268. The first-order valence-corrected chi connectivity index (χ1v) is 5.54. The number of methoxy groups -OCH3 is 1. The van der Waals surface area contributed by atoms with Gasteiger partial charge in [0.15, 0.2) is 6.10 Å². The Balaban J connectivity index is 2.28. The van der Waals surface area contributed by atoms with Gasteiger partial charge in [0, 0.05) is 25.9 Å². The maximum Gasteiger partial charge on any atom is 0.334 e. The Morgan fingerprint density at radius 1 is 1.44 bits per heavy atom. The third-order valence-electron chi connectivity index (χ3n) is 2.43. The normalized spacial score (nSPS) is 11.8. The summed E-state index contributed by atoms with van der Waals surface area (Å²) in [5.74, 6) is -1.29. The van der Waals surface area contributed by atoms with Crippen molar-refractivity contribution in [2.75, 3.05) is 13.7 Å². The largest absolute Gasteiger partial charge is 0.479 e. The molecule has 1 rings (SSSR count). The molecule has 0 aliphatic heterocycles. The molecule has 0 aromatic carbocycles. The summed E-state index contributed by atoms with van der Waals surface area (Å²) in [6, 6.07) is 3.67. The van der Waals surface area contributed by atoms with Crippen molar-refractivity contribution in [1.29, 1.82) is 0 Å². The van der Waals surface area contributed by atoms with Gasteiger partial charge in [-0.25, -0.2) is 4.79 Å². The molecule has 0 radical (unpaired) electrons. The number of nitrogens with zero attached hydrogens (tertiary/aromatic N) is 1. The Kier molecular flexibility index (Phi) is 5.79. The minimum Gasteiger partial charge on any atom is -0.479 e. The molecule has 2 N–H and O–H groups in total. The van der Waals surface area contributed by atoms with E-state index >= 15 is 0 Å². The molecule has 1 atom stereocenters. The lowest BCUT2D eigenvalue weighted by molar-refractivity contribution is -0.148. The van der Waals surface area contributed by atoms with E-state index in [2.05, 4.69) is 10.3 Å². The van der Waals surface area contributed by atoms with Crippen LogP contribution >= 0.6 is 0 Å². The number of carboxylic acid groups (broad SMARTS) is 1. The number of carbonyl (C=O) groups is 2. The molecule has 0 fully saturated rings. The van der Waals surface area contributed by atoms with Crippen LogP contribution in [0.3, 0.4) is 0 Å². The number of aromatic nitrogens is 1. The molecule has 1 heterocycles. The minimum atomic E-state index is -1.09. The predicted molar refractivity (Wildman–Crippen MR) is 64.0 cm³/mol. The van der Waals surface area contributed by atoms with Gasteiger partial charge >= 0.3 is 5.97 Å². The Hall–Kier alpha value is -1.95. The summed E-state index contributed by atoms with van der Waals surface area (Å²) in [5.41, 5.74) is 1.02. The summed E-state index contributed by atoms with van der Waals surface area (Å²) < 4.78 is 4.70. The van der Waals surface area contributed by atoms with Crippen molar-refractivity contribution in [3.63, 3.8) is 0 Å². The molecule has 1 amide bonds. The molecule has 6 heteroatoms. The maximum atomic E-state index is 11.5. The van der Waals surface area contributed by atoms with Gasteiger partial charge in [0.25, 0.3) is 0 Å². The van der Waals surface area contributed by atoms with Gasteiger partial charge in [0.1, 0.15) is 0 Å². The van der Waals surface area contributed by atoms with Crippen molar-refractivity contribution < 1.29 is 19.4 Å². The van der Waals surface area contributed by atoms with Crippen LogP contribution in [0.4, 0.5) is 0 Å². The monoisotopic (exact) mass is 252 g/mol. The summed E-state index contributed by atoms with van der Waals surface area (Å²) in [6.07, 6.45) is 3.23. The second kappa shape index (κ2) is 7.39. The lowest BCUT2D eigenvalue weighted by Crippen LogP contribution is -2.37. The Labute approximate surface area is 105 Å². The van der Waals surface area contributed by atoms with E-state index in [1.807, 2.05) is 12.1 Å². The second-order valence-electron chi connectivity index (χ2n) is 3.72. The molecule has 1 aromatic heterocycles. The maximum absolute atomic E-state index is 11.5. The number of hydrogen-bond donors (Lipinski definition) is 2. The number of carbonyl (C=O) groups excluding carboxylic acids is 1. The van der Waals surface area contributed by atoms with E-state index in [4.69, 9.17) is 9.84 Å². The van der Waals surface area contributed by atoms with E-state index in [0.717, 1.165) is 5.56 Å². The number of ether oxygens (including phenoxy) is 1. The number of rotatable bonds is 7. The van der Waals surface area contributed by atoms with Crippen LogP contribution in [0.1, 0.15) is 12.0 Å². The fraction of sp³-hybridized carbons (Fsp3) is 0.417. The smallest absolute Gasteiger partial charge is 0.334 e. The number of nitrogens with one attached hydrogen (secondary N) is 1. The molecule has 0 aliphatic rings. The molecular weight excluding hydrogens is 236 g/mol. The van der Waals surface area contributed by atoms with E-state index in [0.29, 0.717) is 12.8 Å².